The molecule has 0 amide bonds. The standard InChI is InChI=1S/C9H18N4O2S/c1-3-4-5-6-16(14,15)11-7-9-12-10-8-13(9)2/h8,11H,3-7H2,1-2H3. The van der Waals surface area contributed by atoms with Gasteiger partial charge in [0.15, 0.2) is 0 Å². The zero-order chi connectivity index (χ0) is 12.0. The molecule has 0 fully saturated rings. The first-order chi connectivity index (χ1) is 7.55. The number of hydrogen-bond donors (Lipinski definition) is 1. The van der Waals surface area contributed by atoms with E-state index in [0.29, 0.717) is 12.2 Å². The molecule has 1 aromatic heterocycles. The van der Waals surface area contributed by atoms with Crippen LogP contribution in [0.15, 0.2) is 6.33 Å². The highest BCUT2D eigenvalue weighted by Gasteiger charge is 2.10. The molecule has 0 aliphatic rings. The molecule has 0 aromatic carbocycles. The Balaban J connectivity index is 2.39. The molecule has 0 spiro atoms. The second-order valence-electron chi connectivity index (χ2n) is 3.71. The van der Waals surface area contributed by atoms with Crippen LogP contribution in [-0.2, 0) is 23.6 Å². The molecule has 0 saturated heterocycles. The monoisotopic (exact) mass is 246 g/mol. The van der Waals surface area contributed by atoms with Crippen LogP contribution in [0.5, 0.6) is 0 Å². The van der Waals surface area contributed by atoms with Crippen LogP contribution in [0.25, 0.3) is 0 Å². The van der Waals surface area contributed by atoms with Gasteiger partial charge >= 0.3 is 0 Å². The minimum absolute atomic E-state index is 0.179. The largest absolute Gasteiger partial charge is 0.320 e. The topological polar surface area (TPSA) is 76.9 Å². The van der Waals surface area contributed by atoms with Crippen LogP contribution in [-0.4, -0.2) is 28.9 Å². The summed E-state index contributed by atoms with van der Waals surface area (Å²) in [6, 6.07) is 0. The Kier molecular flexibility index (Phi) is 4.88. The average Bonchev–Trinajstić information content (AvgIpc) is 2.62. The van der Waals surface area contributed by atoms with Gasteiger partial charge in [-0.2, -0.15) is 0 Å². The highest BCUT2D eigenvalue weighted by atomic mass is 32.2. The van der Waals surface area contributed by atoms with E-state index in [2.05, 4.69) is 14.9 Å². The molecule has 1 rings (SSSR count). The highest BCUT2D eigenvalue weighted by molar-refractivity contribution is 7.89. The van der Waals surface area contributed by atoms with E-state index < -0.39 is 10.0 Å². The van der Waals surface area contributed by atoms with Gasteiger partial charge in [-0.1, -0.05) is 19.8 Å². The Bertz CT molecular complexity index is 413. The second-order valence-corrected chi connectivity index (χ2v) is 5.63. The molecule has 0 aliphatic heterocycles. The number of nitrogens with zero attached hydrogens (tertiary/aromatic N) is 3. The molecule has 16 heavy (non-hydrogen) atoms. The van der Waals surface area contributed by atoms with Crippen LogP contribution in [0.4, 0.5) is 0 Å². The first-order valence-corrected chi connectivity index (χ1v) is 7.00. The van der Waals surface area contributed by atoms with Crippen molar-refractivity contribution in [2.24, 2.45) is 7.05 Å². The summed E-state index contributed by atoms with van der Waals surface area (Å²) in [6.07, 6.45) is 4.19. The molecule has 1 N–H and O–H groups in total. The minimum atomic E-state index is -3.18. The minimum Gasteiger partial charge on any atom is -0.320 e. The molecule has 1 aromatic rings. The number of hydrogen-bond acceptors (Lipinski definition) is 4. The second kappa shape index (κ2) is 5.95. The Morgan fingerprint density at radius 2 is 2.19 bits per heavy atom. The van der Waals surface area contributed by atoms with Crippen molar-refractivity contribution in [2.75, 3.05) is 5.75 Å². The number of aromatic nitrogens is 3. The number of rotatable bonds is 7. The Labute approximate surface area is 96.1 Å². The van der Waals surface area contributed by atoms with E-state index in [1.807, 2.05) is 6.92 Å². The normalized spacial score (nSPS) is 11.9. The zero-order valence-electron chi connectivity index (χ0n) is 9.68. The van der Waals surface area contributed by atoms with Crippen molar-refractivity contribution in [3.63, 3.8) is 0 Å². The molecule has 0 saturated carbocycles. The van der Waals surface area contributed by atoms with E-state index in [9.17, 15) is 8.42 Å². The summed E-state index contributed by atoms with van der Waals surface area (Å²) in [5.74, 6) is 0.790. The lowest BCUT2D eigenvalue weighted by molar-refractivity contribution is 0.572. The quantitative estimate of drug-likeness (QED) is 0.708. The van der Waals surface area contributed by atoms with Gasteiger partial charge < -0.3 is 4.57 Å². The maximum Gasteiger partial charge on any atom is 0.212 e. The summed E-state index contributed by atoms with van der Waals surface area (Å²) in [4.78, 5) is 0. The molecule has 0 atom stereocenters. The first kappa shape index (κ1) is 13.1. The summed E-state index contributed by atoms with van der Waals surface area (Å²) in [7, 11) is -1.40. The number of nitrogens with one attached hydrogen (secondary N) is 1. The van der Waals surface area contributed by atoms with Gasteiger partial charge in [0.2, 0.25) is 10.0 Å². The summed E-state index contributed by atoms with van der Waals surface area (Å²) >= 11 is 0. The van der Waals surface area contributed by atoms with Crippen molar-refractivity contribution < 1.29 is 8.42 Å². The van der Waals surface area contributed by atoms with Crippen molar-refractivity contribution in [2.45, 2.75) is 32.7 Å². The van der Waals surface area contributed by atoms with E-state index in [1.54, 1.807) is 17.9 Å². The molecule has 6 nitrogen and oxygen atoms in total. The lowest BCUT2D eigenvalue weighted by Crippen LogP contribution is -2.27. The maximum absolute atomic E-state index is 11.5. The SMILES string of the molecule is CCCCCS(=O)(=O)NCc1nncn1C. The van der Waals surface area contributed by atoms with Crippen LogP contribution in [0, 0.1) is 0 Å². The molecular weight excluding hydrogens is 228 g/mol. The van der Waals surface area contributed by atoms with E-state index >= 15 is 0 Å². The third kappa shape index (κ3) is 4.28. The lowest BCUT2D eigenvalue weighted by Gasteiger charge is -2.05. The van der Waals surface area contributed by atoms with Gasteiger partial charge in [0.05, 0.1) is 12.3 Å². The average molecular weight is 246 g/mol. The van der Waals surface area contributed by atoms with Gasteiger partial charge in [-0.15, -0.1) is 10.2 Å². The Morgan fingerprint density at radius 3 is 2.75 bits per heavy atom. The van der Waals surface area contributed by atoms with E-state index in [-0.39, 0.29) is 12.3 Å². The van der Waals surface area contributed by atoms with Gasteiger partial charge in [0, 0.05) is 7.05 Å². The molecule has 0 aliphatic carbocycles. The molecule has 0 bridgehead atoms. The molecule has 0 radical (unpaired) electrons. The Morgan fingerprint density at radius 1 is 1.44 bits per heavy atom. The maximum atomic E-state index is 11.5. The third-order valence-electron chi connectivity index (χ3n) is 2.27. The summed E-state index contributed by atoms with van der Waals surface area (Å²) < 4.78 is 27.3. The van der Waals surface area contributed by atoms with Crippen LogP contribution >= 0.6 is 0 Å². The fourth-order valence-corrected chi connectivity index (χ4v) is 2.33. The lowest BCUT2D eigenvalue weighted by atomic mass is 10.3. The molecular formula is C9H18N4O2S. The Hall–Kier alpha value is -0.950. The van der Waals surface area contributed by atoms with Crippen LogP contribution < -0.4 is 4.72 Å². The van der Waals surface area contributed by atoms with E-state index in [1.165, 1.54) is 0 Å². The van der Waals surface area contributed by atoms with Crippen molar-refractivity contribution in [1.29, 1.82) is 0 Å². The summed E-state index contributed by atoms with van der Waals surface area (Å²) in [5.41, 5.74) is 0. The fraction of sp³-hybridized carbons (Fsp3) is 0.778. The van der Waals surface area contributed by atoms with Crippen molar-refractivity contribution in [3.8, 4) is 0 Å². The number of aryl methyl sites for hydroxylation is 1. The van der Waals surface area contributed by atoms with Crippen molar-refractivity contribution in [1.82, 2.24) is 19.5 Å². The smallest absolute Gasteiger partial charge is 0.212 e. The van der Waals surface area contributed by atoms with Gasteiger partial charge in [-0.25, -0.2) is 13.1 Å². The summed E-state index contributed by atoms with van der Waals surface area (Å²) in [6.45, 7) is 2.24. The van der Waals surface area contributed by atoms with Gasteiger partial charge in [0.1, 0.15) is 12.2 Å². The zero-order valence-corrected chi connectivity index (χ0v) is 10.5. The predicted octanol–water partition coefficient (Wildman–Crippen LogP) is 0.425. The van der Waals surface area contributed by atoms with E-state index in [0.717, 1.165) is 12.8 Å². The van der Waals surface area contributed by atoms with Crippen LogP contribution in [0.3, 0.4) is 0 Å². The van der Waals surface area contributed by atoms with E-state index in [4.69, 9.17) is 0 Å². The third-order valence-corrected chi connectivity index (χ3v) is 3.68. The van der Waals surface area contributed by atoms with Gasteiger partial charge in [0.25, 0.3) is 0 Å². The molecule has 92 valence electrons. The number of sulfonamides is 1. The summed E-state index contributed by atoms with van der Waals surface area (Å²) in [5, 5.41) is 7.48. The molecule has 0 unspecified atom stereocenters. The van der Waals surface area contributed by atoms with Crippen molar-refractivity contribution in [3.05, 3.63) is 12.2 Å². The highest BCUT2D eigenvalue weighted by Crippen LogP contribution is 1.99. The first-order valence-electron chi connectivity index (χ1n) is 5.35. The molecule has 7 heteroatoms. The molecule has 1 heterocycles. The number of unbranched alkanes of at least 4 members (excludes halogenated alkanes) is 2. The van der Waals surface area contributed by atoms with Crippen LogP contribution in [0.2, 0.25) is 0 Å². The fourth-order valence-electron chi connectivity index (χ4n) is 1.26. The van der Waals surface area contributed by atoms with Crippen LogP contribution in [0.1, 0.15) is 32.0 Å². The van der Waals surface area contributed by atoms with Gasteiger partial charge in [-0.05, 0) is 6.42 Å². The van der Waals surface area contributed by atoms with Gasteiger partial charge in [-0.3, -0.25) is 0 Å². The predicted molar refractivity (Wildman–Crippen MR) is 61.2 cm³/mol. The van der Waals surface area contributed by atoms with Crippen molar-refractivity contribution >= 4 is 10.0 Å².